The molecule has 0 bridgehead atoms. The highest BCUT2D eigenvalue weighted by Gasteiger charge is 2.26. The second-order valence-electron chi connectivity index (χ2n) is 4.63. The summed E-state index contributed by atoms with van der Waals surface area (Å²) in [5.41, 5.74) is -1.19. The van der Waals surface area contributed by atoms with Gasteiger partial charge in [-0.05, 0) is 12.1 Å². The average molecular weight is 284 g/mol. The number of ether oxygens (including phenoxy) is 1. The van der Waals surface area contributed by atoms with Crippen LogP contribution in [0.4, 0.5) is 0 Å². The first-order valence-electron chi connectivity index (χ1n) is 5.81. The fourth-order valence-corrected chi connectivity index (χ4v) is 1.35. The fourth-order valence-electron chi connectivity index (χ4n) is 1.35. The monoisotopic (exact) mass is 284 g/mol. The molecule has 3 N–H and O–H groups in total. The highest BCUT2D eigenvalue weighted by molar-refractivity contribution is 6.02. The maximum atomic E-state index is 11.9. The fraction of sp³-hybridized carbons (Fsp3) is 0.385. The number of esters is 1. The van der Waals surface area contributed by atoms with E-state index in [2.05, 4.69) is 4.89 Å². The molecule has 7 nitrogen and oxygen atoms in total. The summed E-state index contributed by atoms with van der Waals surface area (Å²) in [4.78, 5) is 26.8. The topological polar surface area (TPSA) is 113 Å². The van der Waals surface area contributed by atoms with Crippen molar-refractivity contribution in [2.75, 3.05) is 19.8 Å². The third-order valence-corrected chi connectivity index (χ3v) is 2.76. The predicted octanol–water partition coefficient (Wildman–Crippen LogP) is 0.464. The minimum Gasteiger partial charge on any atom is -0.461 e. The van der Waals surface area contributed by atoms with Crippen LogP contribution in [0.15, 0.2) is 24.3 Å². The second-order valence-corrected chi connectivity index (χ2v) is 4.63. The van der Waals surface area contributed by atoms with Gasteiger partial charge in [0.15, 0.2) is 0 Å². The normalized spacial score (nSPS) is 11.0. The quantitative estimate of drug-likeness (QED) is 0.395. The lowest BCUT2D eigenvalue weighted by Crippen LogP contribution is -2.33. The number of hydrogen-bond donors (Lipinski definition) is 3. The van der Waals surface area contributed by atoms with Gasteiger partial charge in [0.25, 0.3) is 0 Å². The van der Waals surface area contributed by atoms with E-state index in [1.807, 2.05) is 0 Å². The zero-order valence-corrected chi connectivity index (χ0v) is 10.9. The number of rotatable bonds is 6. The number of hydrogen-bond acceptors (Lipinski definition) is 7. The molecule has 0 aliphatic rings. The van der Waals surface area contributed by atoms with Crippen molar-refractivity contribution in [3.63, 3.8) is 0 Å². The van der Waals surface area contributed by atoms with Gasteiger partial charge in [0.1, 0.15) is 6.61 Å². The SMILES string of the molecule is CC(CO)(CO)COC(=O)c1ccccc1C(=O)OO. The molecule has 0 heterocycles. The molecule has 0 fully saturated rings. The van der Waals surface area contributed by atoms with Crippen molar-refractivity contribution < 1.29 is 34.7 Å². The molecule has 0 saturated carbocycles. The van der Waals surface area contributed by atoms with Crippen LogP contribution in [-0.4, -0.2) is 47.2 Å². The van der Waals surface area contributed by atoms with Crippen molar-refractivity contribution in [1.82, 2.24) is 0 Å². The summed E-state index contributed by atoms with van der Waals surface area (Å²) in [5, 5.41) is 26.5. The summed E-state index contributed by atoms with van der Waals surface area (Å²) < 4.78 is 4.96. The number of aliphatic hydroxyl groups excluding tert-OH is 2. The van der Waals surface area contributed by atoms with Crippen LogP contribution in [0, 0.1) is 5.41 Å². The van der Waals surface area contributed by atoms with Crippen LogP contribution < -0.4 is 0 Å². The number of carbonyl (C=O) groups is 2. The molecule has 7 heteroatoms. The Morgan fingerprint density at radius 1 is 1.10 bits per heavy atom. The molecule has 0 aromatic heterocycles. The average Bonchev–Trinajstić information content (AvgIpc) is 2.51. The molecule has 110 valence electrons. The van der Waals surface area contributed by atoms with E-state index >= 15 is 0 Å². The lowest BCUT2D eigenvalue weighted by molar-refractivity contribution is -0.182. The smallest absolute Gasteiger partial charge is 0.373 e. The van der Waals surface area contributed by atoms with Gasteiger partial charge in [-0.3, -0.25) is 4.89 Å². The van der Waals surface area contributed by atoms with E-state index < -0.39 is 17.4 Å². The highest BCUT2D eigenvalue weighted by Crippen LogP contribution is 2.17. The number of carbonyl (C=O) groups excluding carboxylic acids is 2. The van der Waals surface area contributed by atoms with Crippen LogP contribution in [0.2, 0.25) is 0 Å². The van der Waals surface area contributed by atoms with Crippen molar-refractivity contribution in [2.24, 2.45) is 5.41 Å². The van der Waals surface area contributed by atoms with Crippen LogP contribution in [0.25, 0.3) is 0 Å². The largest absolute Gasteiger partial charge is 0.461 e. The van der Waals surface area contributed by atoms with Gasteiger partial charge in [-0.2, -0.15) is 5.26 Å². The van der Waals surface area contributed by atoms with Gasteiger partial charge in [-0.1, -0.05) is 19.1 Å². The van der Waals surface area contributed by atoms with Crippen molar-refractivity contribution in [3.05, 3.63) is 35.4 Å². The Bertz CT molecular complexity index is 479. The van der Waals surface area contributed by atoms with Gasteiger partial charge in [0, 0.05) is 5.41 Å². The van der Waals surface area contributed by atoms with Gasteiger partial charge in [0.05, 0.1) is 24.3 Å². The molecular weight excluding hydrogens is 268 g/mol. The van der Waals surface area contributed by atoms with Crippen molar-refractivity contribution >= 4 is 11.9 Å². The highest BCUT2D eigenvalue weighted by atomic mass is 17.1. The predicted molar refractivity (Wildman–Crippen MR) is 67.0 cm³/mol. The molecule has 0 saturated heterocycles. The molecule has 0 atom stereocenters. The first-order valence-corrected chi connectivity index (χ1v) is 5.81. The van der Waals surface area contributed by atoms with E-state index in [9.17, 15) is 9.59 Å². The Morgan fingerprint density at radius 2 is 1.60 bits per heavy atom. The minimum absolute atomic E-state index is 0.0789. The zero-order valence-electron chi connectivity index (χ0n) is 10.9. The van der Waals surface area contributed by atoms with Gasteiger partial charge in [-0.25, -0.2) is 9.59 Å². The maximum Gasteiger partial charge on any atom is 0.373 e. The summed E-state index contributed by atoms with van der Waals surface area (Å²) in [7, 11) is 0. The standard InChI is InChI=1S/C13H16O7/c1-13(6-14,7-15)8-19-11(16)9-4-2-3-5-10(9)12(17)20-18/h2-5,14-15,18H,6-8H2,1H3. The second kappa shape index (κ2) is 6.99. The number of benzene rings is 1. The Hall–Kier alpha value is -1.96. The lowest BCUT2D eigenvalue weighted by atomic mass is 9.94. The summed E-state index contributed by atoms with van der Waals surface area (Å²) in [6.07, 6.45) is 0. The molecule has 1 aromatic rings. The molecule has 0 radical (unpaired) electrons. The minimum atomic E-state index is -1.08. The Balaban J connectivity index is 2.86. The third kappa shape index (κ3) is 3.77. The zero-order chi connectivity index (χ0) is 15.2. The Labute approximate surface area is 115 Å². The van der Waals surface area contributed by atoms with Gasteiger partial charge in [0.2, 0.25) is 0 Å². The van der Waals surface area contributed by atoms with Crippen LogP contribution in [-0.2, 0) is 9.62 Å². The molecular formula is C13H16O7. The lowest BCUT2D eigenvalue weighted by Gasteiger charge is -2.23. The third-order valence-electron chi connectivity index (χ3n) is 2.76. The molecule has 1 rings (SSSR count). The van der Waals surface area contributed by atoms with E-state index in [-0.39, 0.29) is 30.9 Å². The van der Waals surface area contributed by atoms with Crippen LogP contribution in [0.3, 0.4) is 0 Å². The maximum absolute atomic E-state index is 11.9. The van der Waals surface area contributed by atoms with E-state index in [1.165, 1.54) is 31.2 Å². The van der Waals surface area contributed by atoms with E-state index in [1.54, 1.807) is 0 Å². The summed E-state index contributed by atoms with van der Waals surface area (Å²) in [5.74, 6) is -1.90. The number of aliphatic hydroxyl groups is 2. The van der Waals surface area contributed by atoms with E-state index in [0.717, 1.165) is 0 Å². The Morgan fingerprint density at radius 3 is 2.05 bits per heavy atom. The molecule has 0 aliphatic heterocycles. The molecule has 0 aliphatic carbocycles. The molecule has 20 heavy (non-hydrogen) atoms. The summed E-state index contributed by atoms with van der Waals surface area (Å²) in [6, 6.07) is 5.65. The van der Waals surface area contributed by atoms with Crippen LogP contribution in [0.1, 0.15) is 27.6 Å². The molecule has 1 aromatic carbocycles. The van der Waals surface area contributed by atoms with Crippen molar-refractivity contribution in [1.29, 1.82) is 0 Å². The molecule has 0 spiro atoms. The Kier molecular flexibility index (Phi) is 5.63. The van der Waals surface area contributed by atoms with Crippen molar-refractivity contribution in [2.45, 2.75) is 6.92 Å². The van der Waals surface area contributed by atoms with E-state index in [4.69, 9.17) is 20.2 Å². The van der Waals surface area contributed by atoms with Gasteiger partial charge >= 0.3 is 11.9 Å². The van der Waals surface area contributed by atoms with Crippen molar-refractivity contribution in [3.8, 4) is 0 Å². The van der Waals surface area contributed by atoms with Crippen LogP contribution >= 0.6 is 0 Å². The first kappa shape index (κ1) is 16.1. The molecule has 0 amide bonds. The molecule has 0 unspecified atom stereocenters. The van der Waals surface area contributed by atoms with Gasteiger partial charge in [-0.15, -0.1) is 0 Å². The summed E-state index contributed by atoms with van der Waals surface area (Å²) in [6.45, 7) is 0.587. The van der Waals surface area contributed by atoms with E-state index in [0.29, 0.717) is 0 Å². The van der Waals surface area contributed by atoms with Gasteiger partial charge < -0.3 is 14.9 Å². The first-order chi connectivity index (χ1) is 9.47. The summed E-state index contributed by atoms with van der Waals surface area (Å²) >= 11 is 0. The van der Waals surface area contributed by atoms with Crippen LogP contribution in [0.5, 0.6) is 0 Å².